The zero-order valence-electron chi connectivity index (χ0n) is 12.7. The molecule has 20 heavy (non-hydrogen) atoms. The van der Waals surface area contributed by atoms with E-state index < -0.39 is 0 Å². The summed E-state index contributed by atoms with van der Waals surface area (Å²) >= 11 is 0. The van der Waals surface area contributed by atoms with Gasteiger partial charge in [0.15, 0.2) is 0 Å². The Morgan fingerprint density at radius 3 is 2.50 bits per heavy atom. The largest absolute Gasteiger partial charge is 0.339 e. The highest BCUT2D eigenvalue weighted by Gasteiger charge is 2.23. The molecule has 2 rings (SSSR count). The Labute approximate surface area is 120 Å². The summed E-state index contributed by atoms with van der Waals surface area (Å²) in [6, 6.07) is 8.50. The van der Waals surface area contributed by atoms with Gasteiger partial charge in [-0.25, -0.2) is 0 Å². The van der Waals surface area contributed by atoms with Crippen LogP contribution in [0.5, 0.6) is 0 Å². The van der Waals surface area contributed by atoms with Gasteiger partial charge in [0.2, 0.25) is 11.7 Å². The predicted molar refractivity (Wildman–Crippen MR) is 80.6 cm³/mol. The number of aromatic nitrogens is 2. The van der Waals surface area contributed by atoms with Crippen LogP contribution in [0.4, 0.5) is 0 Å². The molecular weight excluding hydrogens is 250 g/mol. The van der Waals surface area contributed by atoms with E-state index in [1.165, 1.54) is 5.56 Å². The molecule has 4 heteroatoms. The lowest BCUT2D eigenvalue weighted by Gasteiger charge is -2.19. The van der Waals surface area contributed by atoms with E-state index >= 15 is 0 Å². The van der Waals surface area contributed by atoms with Crippen molar-refractivity contribution < 1.29 is 4.52 Å². The van der Waals surface area contributed by atoms with Gasteiger partial charge in [-0.2, -0.15) is 4.98 Å². The van der Waals surface area contributed by atoms with Crippen molar-refractivity contribution in [2.75, 3.05) is 6.54 Å². The molecule has 0 aliphatic rings. The molecular formula is C16H23N3O. The van der Waals surface area contributed by atoms with Crippen LogP contribution in [0.25, 0.3) is 11.4 Å². The van der Waals surface area contributed by atoms with Gasteiger partial charge in [-0.1, -0.05) is 48.8 Å². The molecule has 1 aromatic heterocycles. The Hall–Kier alpha value is -1.68. The lowest BCUT2D eigenvalue weighted by atomic mass is 9.98. The van der Waals surface area contributed by atoms with E-state index in [1.807, 2.05) is 12.1 Å². The molecule has 1 heterocycles. The maximum Gasteiger partial charge on any atom is 0.231 e. The second kappa shape index (κ2) is 6.66. The molecule has 0 spiro atoms. The summed E-state index contributed by atoms with van der Waals surface area (Å²) in [7, 11) is 0. The summed E-state index contributed by atoms with van der Waals surface area (Å²) in [5.41, 5.74) is 2.22. The van der Waals surface area contributed by atoms with E-state index in [4.69, 9.17) is 4.52 Å². The fourth-order valence-corrected chi connectivity index (χ4v) is 2.41. The third kappa shape index (κ3) is 3.25. The minimum Gasteiger partial charge on any atom is -0.339 e. The molecule has 2 unspecified atom stereocenters. The molecule has 0 bridgehead atoms. The van der Waals surface area contributed by atoms with Crippen molar-refractivity contribution >= 4 is 0 Å². The summed E-state index contributed by atoms with van der Waals surface area (Å²) in [6.07, 6.45) is 0.976. The van der Waals surface area contributed by atoms with Crippen LogP contribution in [0.3, 0.4) is 0 Å². The standard InChI is InChI=1S/C16H23N3O/c1-5-14(12(4)17-6-2)16-18-15(19-20-16)13-9-7-11(3)8-10-13/h7-10,12,14,17H,5-6H2,1-4H3. The van der Waals surface area contributed by atoms with Crippen LogP contribution in [0, 0.1) is 6.92 Å². The van der Waals surface area contributed by atoms with E-state index in [0.717, 1.165) is 24.4 Å². The number of hydrogen-bond acceptors (Lipinski definition) is 4. The van der Waals surface area contributed by atoms with E-state index in [9.17, 15) is 0 Å². The average molecular weight is 273 g/mol. The lowest BCUT2D eigenvalue weighted by molar-refractivity contribution is 0.318. The van der Waals surface area contributed by atoms with E-state index in [2.05, 4.69) is 55.3 Å². The highest BCUT2D eigenvalue weighted by molar-refractivity contribution is 5.54. The summed E-state index contributed by atoms with van der Waals surface area (Å²) in [4.78, 5) is 4.57. The quantitative estimate of drug-likeness (QED) is 0.874. The molecule has 4 nitrogen and oxygen atoms in total. The number of aryl methyl sites for hydroxylation is 1. The van der Waals surface area contributed by atoms with Crippen molar-refractivity contribution in [1.29, 1.82) is 0 Å². The van der Waals surface area contributed by atoms with Gasteiger partial charge < -0.3 is 9.84 Å². The van der Waals surface area contributed by atoms with Crippen LogP contribution in [0.2, 0.25) is 0 Å². The third-order valence-electron chi connectivity index (χ3n) is 3.64. The Kier molecular flexibility index (Phi) is 4.90. The summed E-state index contributed by atoms with van der Waals surface area (Å²) in [6.45, 7) is 9.42. The third-order valence-corrected chi connectivity index (χ3v) is 3.64. The van der Waals surface area contributed by atoms with Gasteiger partial charge in [0, 0.05) is 11.6 Å². The Bertz CT molecular complexity index is 533. The smallest absolute Gasteiger partial charge is 0.231 e. The summed E-state index contributed by atoms with van der Waals surface area (Å²) in [5, 5.41) is 7.54. The van der Waals surface area contributed by atoms with E-state index in [-0.39, 0.29) is 5.92 Å². The maximum atomic E-state index is 5.47. The molecule has 1 N–H and O–H groups in total. The zero-order chi connectivity index (χ0) is 14.5. The number of nitrogens with one attached hydrogen (secondary N) is 1. The van der Waals surface area contributed by atoms with Crippen molar-refractivity contribution in [3.05, 3.63) is 35.7 Å². The van der Waals surface area contributed by atoms with Crippen molar-refractivity contribution in [2.45, 2.75) is 46.1 Å². The van der Waals surface area contributed by atoms with Gasteiger partial charge in [-0.05, 0) is 26.8 Å². The van der Waals surface area contributed by atoms with Crippen molar-refractivity contribution in [2.24, 2.45) is 0 Å². The fourth-order valence-electron chi connectivity index (χ4n) is 2.41. The molecule has 0 amide bonds. The van der Waals surface area contributed by atoms with Crippen molar-refractivity contribution in [3.8, 4) is 11.4 Å². The number of benzene rings is 1. The molecule has 2 aromatic rings. The molecule has 1 aromatic carbocycles. The van der Waals surface area contributed by atoms with Crippen LogP contribution in [-0.2, 0) is 0 Å². The van der Waals surface area contributed by atoms with Gasteiger partial charge in [-0.15, -0.1) is 0 Å². The minimum atomic E-state index is 0.252. The fraction of sp³-hybridized carbons (Fsp3) is 0.500. The minimum absolute atomic E-state index is 0.252. The van der Waals surface area contributed by atoms with Gasteiger partial charge in [0.1, 0.15) is 0 Å². The second-order valence-electron chi connectivity index (χ2n) is 5.18. The van der Waals surface area contributed by atoms with Crippen LogP contribution in [-0.4, -0.2) is 22.7 Å². The first-order valence-corrected chi connectivity index (χ1v) is 7.29. The Morgan fingerprint density at radius 2 is 1.90 bits per heavy atom. The first-order chi connectivity index (χ1) is 9.65. The van der Waals surface area contributed by atoms with E-state index in [0.29, 0.717) is 11.9 Å². The normalized spacial score (nSPS) is 14.2. The predicted octanol–water partition coefficient (Wildman–Crippen LogP) is 3.54. The van der Waals surface area contributed by atoms with E-state index in [1.54, 1.807) is 0 Å². The SMILES string of the molecule is CCNC(C)C(CC)c1nc(-c2ccc(C)cc2)no1. The van der Waals surface area contributed by atoms with Gasteiger partial charge in [-0.3, -0.25) is 0 Å². The highest BCUT2D eigenvalue weighted by atomic mass is 16.5. The number of nitrogens with zero attached hydrogens (tertiary/aromatic N) is 2. The average Bonchev–Trinajstić information content (AvgIpc) is 2.90. The van der Waals surface area contributed by atoms with Gasteiger partial charge >= 0.3 is 0 Å². The molecule has 0 saturated carbocycles. The van der Waals surface area contributed by atoms with Crippen molar-refractivity contribution in [1.82, 2.24) is 15.5 Å². The van der Waals surface area contributed by atoms with Crippen molar-refractivity contribution in [3.63, 3.8) is 0 Å². The molecule has 0 radical (unpaired) electrons. The monoisotopic (exact) mass is 273 g/mol. The van der Waals surface area contributed by atoms with Crippen LogP contribution in [0.1, 0.15) is 44.6 Å². The Morgan fingerprint density at radius 1 is 1.20 bits per heavy atom. The summed E-state index contributed by atoms with van der Waals surface area (Å²) in [5.74, 6) is 1.64. The first-order valence-electron chi connectivity index (χ1n) is 7.29. The molecule has 0 aliphatic carbocycles. The van der Waals surface area contributed by atoms with Crippen LogP contribution < -0.4 is 5.32 Å². The summed E-state index contributed by atoms with van der Waals surface area (Å²) < 4.78 is 5.47. The molecule has 2 atom stereocenters. The Balaban J connectivity index is 2.20. The number of rotatable bonds is 6. The molecule has 0 fully saturated rings. The zero-order valence-corrected chi connectivity index (χ0v) is 12.7. The molecule has 108 valence electrons. The first kappa shape index (κ1) is 14.7. The van der Waals surface area contributed by atoms with Gasteiger partial charge in [0.25, 0.3) is 0 Å². The lowest BCUT2D eigenvalue weighted by Crippen LogP contribution is -2.31. The maximum absolute atomic E-state index is 5.47. The second-order valence-corrected chi connectivity index (χ2v) is 5.18. The topological polar surface area (TPSA) is 51.0 Å². The van der Waals surface area contributed by atoms with Gasteiger partial charge in [0.05, 0.1) is 5.92 Å². The van der Waals surface area contributed by atoms with Crippen LogP contribution >= 0.6 is 0 Å². The van der Waals surface area contributed by atoms with Crippen LogP contribution in [0.15, 0.2) is 28.8 Å². The molecule has 0 aliphatic heterocycles. The highest BCUT2D eigenvalue weighted by Crippen LogP contribution is 2.24. The number of hydrogen-bond donors (Lipinski definition) is 1. The molecule has 0 saturated heterocycles. The number of likely N-dealkylation sites (N-methyl/N-ethyl adjacent to an activating group) is 1.